The van der Waals surface area contributed by atoms with Crippen LogP contribution in [0.4, 0.5) is 10.1 Å². The van der Waals surface area contributed by atoms with Crippen molar-refractivity contribution >= 4 is 23.4 Å². The number of anilines is 1. The van der Waals surface area contributed by atoms with E-state index >= 15 is 0 Å². The molecule has 0 saturated carbocycles. The first-order chi connectivity index (χ1) is 9.66. The number of thioether (sulfide) groups is 1. The molecular weight excluding hydrogens is 273 g/mol. The van der Waals surface area contributed by atoms with Gasteiger partial charge in [-0.3, -0.25) is 4.79 Å². The minimum atomic E-state index is -0.416. The molecule has 0 saturated heterocycles. The van der Waals surface area contributed by atoms with Crippen LogP contribution >= 0.6 is 11.8 Å². The van der Waals surface area contributed by atoms with E-state index in [4.69, 9.17) is 0 Å². The van der Waals surface area contributed by atoms with Crippen LogP contribution in [-0.2, 0) is 10.5 Å². The fraction of sp³-hybridized carbons (Fsp3) is 0.188. The van der Waals surface area contributed by atoms with Crippen LogP contribution in [0.3, 0.4) is 0 Å². The Balaban J connectivity index is 1.88. The number of carbonyl (C=O) groups is 1. The molecule has 1 N–H and O–H groups in total. The van der Waals surface area contributed by atoms with E-state index in [-0.39, 0.29) is 16.8 Å². The summed E-state index contributed by atoms with van der Waals surface area (Å²) < 4.78 is 13.4. The van der Waals surface area contributed by atoms with Crippen molar-refractivity contribution in [2.75, 3.05) is 5.32 Å². The molecule has 2 aromatic carbocycles. The van der Waals surface area contributed by atoms with Crippen LogP contribution in [0.1, 0.15) is 12.5 Å². The summed E-state index contributed by atoms with van der Waals surface area (Å²) in [6.07, 6.45) is 0. The molecule has 0 aromatic heterocycles. The van der Waals surface area contributed by atoms with Crippen molar-refractivity contribution in [2.24, 2.45) is 0 Å². The van der Waals surface area contributed by atoms with E-state index < -0.39 is 5.82 Å². The van der Waals surface area contributed by atoms with E-state index in [1.54, 1.807) is 18.2 Å². The van der Waals surface area contributed by atoms with Crippen molar-refractivity contribution in [3.63, 3.8) is 0 Å². The molecule has 1 atom stereocenters. The number of halogens is 1. The maximum atomic E-state index is 13.4. The molecule has 104 valence electrons. The van der Waals surface area contributed by atoms with Crippen molar-refractivity contribution in [1.29, 1.82) is 0 Å². The van der Waals surface area contributed by atoms with Gasteiger partial charge >= 0.3 is 0 Å². The van der Waals surface area contributed by atoms with Crippen molar-refractivity contribution in [2.45, 2.75) is 17.9 Å². The van der Waals surface area contributed by atoms with E-state index in [9.17, 15) is 9.18 Å². The summed E-state index contributed by atoms with van der Waals surface area (Å²) in [5, 5.41) is 2.37. The van der Waals surface area contributed by atoms with Gasteiger partial charge in [0.1, 0.15) is 5.82 Å². The maximum Gasteiger partial charge on any atom is 0.237 e. The van der Waals surface area contributed by atoms with Gasteiger partial charge in [0.25, 0.3) is 0 Å². The largest absolute Gasteiger partial charge is 0.323 e. The van der Waals surface area contributed by atoms with Crippen LogP contribution in [0.2, 0.25) is 0 Å². The second kappa shape index (κ2) is 7.10. The van der Waals surface area contributed by atoms with Crippen LogP contribution in [0, 0.1) is 5.82 Å². The Labute approximate surface area is 122 Å². The Kier molecular flexibility index (Phi) is 5.18. The zero-order valence-electron chi connectivity index (χ0n) is 11.2. The lowest BCUT2D eigenvalue weighted by Crippen LogP contribution is -2.23. The van der Waals surface area contributed by atoms with Crippen molar-refractivity contribution in [3.8, 4) is 0 Å². The molecule has 0 fully saturated rings. The van der Waals surface area contributed by atoms with Gasteiger partial charge in [0.2, 0.25) is 5.91 Å². The molecule has 2 rings (SSSR count). The summed E-state index contributed by atoms with van der Waals surface area (Å²) in [6.45, 7) is 1.82. The number of rotatable bonds is 5. The van der Waals surface area contributed by atoms with Gasteiger partial charge in [0, 0.05) is 5.75 Å². The molecule has 0 aliphatic heterocycles. The Morgan fingerprint density at radius 1 is 1.15 bits per heavy atom. The number of nitrogens with one attached hydrogen (secondary N) is 1. The lowest BCUT2D eigenvalue weighted by Gasteiger charge is -2.12. The Hall–Kier alpha value is -1.81. The summed E-state index contributed by atoms with van der Waals surface area (Å²) in [5.41, 5.74) is 1.40. The molecule has 1 amide bonds. The molecule has 0 heterocycles. The van der Waals surface area contributed by atoms with Crippen LogP contribution in [0.15, 0.2) is 54.6 Å². The summed E-state index contributed by atoms with van der Waals surface area (Å²) >= 11 is 1.53. The third-order valence-electron chi connectivity index (χ3n) is 2.84. The Morgan fingerprint density at radius 3 is 2.50 bits per heavy atom. The van der Waals surface area contributed by atoms with Crippen LogP contribution in [0.5, 0.6) is 0 Å². The van der Waals surface area contributed by atoms with Gasteiger partial charge in [-0.25, -0.2) is 4.39 Å². The Morgan fingerprint density at radius 2 is 1.80 bits per heavy atom. The fourth-order valence-electron chi connectivity index (χ4n) is 1.67. The molecule has 0 aliphatic rings. The maximum absolute atomic E-state index is 13.4. The van der Waals surface area contributed by atoms with Gasteiger partial charge in [-0.2, -0.15) is 0 Å². The van der Waals surface area contributed by atoms with E-state index in [0.717, 1.165) is 5.75 Å². The topological polar surface area (TPSA) is 29.1 Å². The number of para-hydroxylation sites is 1. The van der Waals surface area contributed by atoms with Crippen molar-refractivity contribution in [3.05, 3.63) is 66.0 Å². The highest BCUT2D eigenvalue weighted by Gasteiger charge is 2.14. The second-order valence-corrected chi connectivity index (χ2v) is 5.74. The molecule has 0 spiro atoms. The highest BCUT2D eigenvalue weighted by Crippen LogP contribution is 2.20. The van der Waals surface area contributed by atoms with E-state index in [0.29, 0.717) is 0 Å². The molecule has 20 heavy (non-hydrogen) atoms. The van der Waals surface area contributed by atoms with Gasteiger partial charge in [-0.15, -0.1) is 11.8 Å². The fourth-order valence-corrected chi connectivity index (χ4v) is 2.51. The summed E-state index contributed by atoms with van der Waals surface area (Å²) in [5.74, 6) is 0.157. The first kappa shape index (κ1) is 14.6. The number of benzene rings is 2. The predicted molar refractivity (Wildman–Crippen MR) is 82.2 cm³/mol. The van der Waals surface area contributed by atoms with E-state index in [2.05, 4.69) is 5.32 Å². The number of carbonyl (C=O) groups excluding carboxylic acids is 1. The molecule has 0 radical (unpaired) electrons. The average Bonchev–Trinajstić information content (AvgIpc) is 2.48. The standard InChI is InChI=1S/C16H16FNOS/c1-12(20-11-13-7-3-2-4-8-13)16(19)18-15-10-6-5-9-14(15)17/h2-10,12H,11H2,1H3,(H,18,19)/t12-/m0/s1. The third-order valence-corrected chi connectivity index (χ3v) is 4.06. The first-order valence-electron chi connectivity index (χ1n) is 6.38. The van der Waals surface area contributed by atoms with Crippen molar-refractivity contribution < 1.29 is 9.18 Å². The summed E-state index contributed by atoms with van der Waals surface area (Å²) in [7, 11) is 0. The molecule has 2 aromatic rings. The number of hydrogen-bond donors (Lipinski definition) is 1. The first-order valence-corrected chi connectivity index (χ1v) is 7.42. The highest BCUT2D eigenvalue weighted by atomic mass is 32.2. The third kappa shape index (κ3) is 4.10. The lowest BCUT2D eigenvalue weighted by molar-refractivity contribution is -0.115. The number of hydrogen-bond acceptors (Lipinski definition) is 2. The zero-order chi connectivity index (χ0) is 14.4. The normalized spacial score (nSPS) is 11.9. The van der Waals surface area contributed by atoms with Crippen molar-refractivity contribution in [1.82, 2.24) is 0 Å². The van der Waals surface area contributed by atoms with Crippen LogP contribution in [-0.4, -0.2) is 11.2 Å². The lowest BCUT2D eigenvalue weighted by atomic mass is 10.2. The highest BCUT2D eigenvalue weighted by molar-refractivity contribution is 7.99. The smallest absolute Gasteiger partial charge is 0.237 e. The number of amides is 1. The average molecular weight is 289 g/mol. The summed E-state index contributed by atoms with van der Waals surface area (Å²) in [6, 6.07) is 16.1. The molecule has 4 heteroatoms. The monoisotopic (exact) mass is 289 g/mol. The SMILES string of the molecule is C[C@H](SCc1ccccc1)C(=O)Nc1ccccc1F. The molecule has 0 unspecified atom stereocenters. The van der Waals surface area contributed by atoms with E-state index in [1.165, 1.54) is 23.4 Å². The van der Waals surface area contributed by atoms with Gasteiger partial charge in [0.15, 0.2) is 0 Å². The van der Waals surface area contributed by atoms with Gasteiger partial charge in [0.05, 0.1) is 10.9 Å². The molecular formula is C16H16FNOS. The van der Waals surface area contributed by atoms with Gasteiger partial charge in [-0.1, -0.05) is 42.5 Å². The predicted octanol–water partition coefficient (Wildman–Crippen LogP) is 4.09. The molecule has 0 aliphatic carbocycles. The minimum Gasteiger partial charge on any atom is -0.323 e. The Bertz CT molecular complexity index is 574. The summed E-state index contributed by atoms with van der Waals surface area (Å²) in [4.78, 5) is 12.0. The zero-order valence-corrected chi connectivity index (χ0v) is 12.0. The van der Waals surface area contributed by atoms with Crippen LogP contribution in [0.25, 0.3) is 0 Å². The van der Waals surface area contributed by atoms with Crippen LogP contribution < -0.4 is 5.32 Å². The quantitative estimate of drug-likeness (QED) is 0.898. The van der Waals surface area contributed by atoms with Gasteiger partial charge < -0.3 is 5.32 Å². The molecule has 2 nitrogen and oxygen atoms in total. The van der Waals surface area contributed by atoms with E-state index in [1.807, 2.05) is 37.3 Å². The second-order valence-electron chi connectivity index (χ2n) is 4.41. The minimum absolute atomic E-state index is 0.184. The van der Waals surface area contributed by atoms with Gasteiger partial charge in [-0.05, 0) is 24.6 Å². The molecule has 0 bridgehead atoms.